The number of hydrogen-bond donors (Lipinski definition) is 2. The molecule has 1 unspecified atom stereocenters. The van der Waals surface area contributed by atoms with Crippen LogP contribution in [0.4, 0.5) is 23.7 Å². The van der Waals surface area contributed by atoms with Gasteiger partial charge in [-0.15, -0.1) is 0 Å². The summed E-state index contributed by atoms with van der Waals surface area (Å²) in [6.07, 6.45) is -5.52. The van der Waals surface area contributed by atoms with Gasteiger partial charge < -0.3 is 10.4 Å². The van der Waals surface area contributed by atoms with Crippen LogP contribution in [-0.4, -0.2) is 33.8 Å². The van der Waals surface area contributed by atoms with E-state index < -0.39 is 24.4 Å². The molecule has 2 rings (SSSR count). The number of halogens is 3. The van der Waals surface area contributed by atoms with E-state index in [2.05, 4.69) is 10.4 Å². The van der Waals surface area contributed by atoms with Crippen LogP contribution in [0.15, 0.2) is 35.4 Å². The summed E-state index contributed by atoms with van der Waals surface area (Å²) in [6.45, 7) is 1.61. The second-order valence-electron chi connectivity index (χ2n) is 4.62. The van der Waals surface area contributed by atoms with Crippen LogP contribution in [0, 0.1) is 0 Å². The van der Waals surface area contributed by atoms with Crippen LogP contribution >= 0.6 is 0 Å². The fourth-order valence-corrected chi connectivity index (χ4v) is 1.95. The van der Waals surface area contributed by atoms with E-state index in [4.69, 9.17) is 0 Å². The molecule has 0 fully saturated rings. The number of rotatable bonds is 2. The maximum Gasteiger partial charge on any atom is 0.438 e. The minimum Gasteiger partial charge on any atom is -0.362 e. The molecule has 0 bridgehead atoms. The lowest BCUT2D eigenvalue weighted by molar-refractivity contribution is -0.296. The van der Waals surface area contributed by atoms with Crippen molar-refractivity contribution in [2.75, 3.05) is 5.32 Å². The minimum atomic E-state index is -5.00. The summed E-state index contributed by atoms with van der Waals surface area (Å²) < 4.78 is 39.2. The number of para-hydroxylation sites is 1. The van der Waals surface area contributed by atoms with E-state index in [1.165, 1.54) is 12.1 Å². The van der Waals surface area contributed by atoms with Gasteiger partial charge in [-0.2, -0.15) is 23.3 Å². The average Bonchev–Trinajstić information content (AvgIpc) is 2.78. The molecule has 0 aliphatic carbocycles. The van der Waals surface area contributed by atoms with Crippen molar-refractivity contribution in [1.82, 2.24) is 5.01 Å². The first kappa shape index (κ1) is 15.3. The Kier molecular flexibility index (Phi) is 3.91. The summed E-state index contributed by atoms with van der Waals surface area (Å²) in [5.41, 5.74) is -2.89. The van der Waals surface area contributed by atoms with E-state index in [1.54, 1.807) is 25.1 Å². The Morgan fingerprint density at radius 2 is 2.05 bits per heavy atom. The summed E-state index contributed by atoms with van der Waals surface area (Å²) in [5, 5.41) is 15.8. The van der Waals surface area contributed by atoms with Crippen LogP contribution in [-0.2, 0) is 0 Å². The molecular formula is C13H14F3N3O2. The highest BCUT2D eigenvalue weighted by Gasteiger charge is 2.63. The Hall–Kier alpha value is -2.09. The molecule has 0 radical (unpaired) electrons. The number of nitrogens with one attached hydrogen (secondary N) is 1. The third kappa shape index (κ3) is 2.85. The molecule has 1 aliphatic rings. The molecule has 0 spiro atoms. The van der Waals surface area contributed by atoms with E-state index in [0.717, 1.165) is 0 Å². The minimum absolute atomic E-state index is 0.0683. The maximum atomic E-state index is 13.1. The highest BCUT2D eigenvalue weighted by atomic mass is 19.4. The van der Waals surface area contributed by atoms with Crippen LogP contribution in [0.1, 0.15) is 19.8 Å². The molecule has 1 aromatic rings. The third-order valence-electron chi connectivity index (χ3n) is 3.12. The van der Waals surface area contributed by atoms with E-state index in [-0.39, 0.29) is 17.1 Å². The zero-order valence-corrected chi connectivity index (χ0v) is 11.2. The number of carbonyl (C=O) groups excluding carboxylic acids is 1. The van der Waals surface area contributed by atoms with Crippen LogP contribution < -0.4 is 5.32 Å². The summed E-state index contributed by atoms with van der Waals surface area (Å²) >= 11 is 0. The summed E-state index contributed by atoms with van der Waals surface area (Å²) in [4.78, 5) is 12.0. The van der Waals surface area contributed by atoms with Gasteiger partial charge in [0.2, 0.25) is 0 Å². The number of alkyl halides is 3. The van der Waals surface area contributed by atoms with Gasteiger partial charge in [-0.25, -0.2) is 4.79 Å². The normalized spacial score (nSPS) is 22.1. The Morgan fingerprint density at radius 1 is 1.43 bits per heavy atom. The van der Waals surface area contributed by atoms with Crippen molar-refractivity contribution in [1.29, 1.82) is 0 Å². The first-order valence-corrected chi connectivity index (χ1v) is 6.29. The number of hydrazone groups is 1. The molecule has 1 aromatic carbocycles. The molecule has 21 heavy (non-hydrogen) atoms. The van der Waals surface area contributed by atoms with Gasteiger partial charge >= 0.3 is 12.2 Å². The first-order valence-electron chi connectivity index (χ1n) is 6.29. The molecule has 0 saturated carbocycles. The van der Waals surface area contributed by atoms with Crippen LogP contribution in [0.25, 0.3) is 0 Å². The Balaban J connectivity index is 2.26. The molecule has 1 atom stereocenters. The van der Waals surface area contributed by atoms with Crippen molar-refractivity contribution in [2.45, 2.75) is 31.7 Å². The fourth-order valence-electron chi connectivity index (χ4n) is 1.95. The average molecular weight is 301 g/mol. The van der Waals surface area contributed by atoms with Gasteiger partial charge in [0, 0.05) is 17.8 Å². The Bertz CT molecular complexity index is 560. The molecule has 0 aromatic heterocycles. The quantitative estimate of drug-likeness (QED) is 0.882. The molecule has 8 heteroatoms. The van der Waals surface area contributed by atoms with Crippen molar-refractivity contribution in [2.24, 2.45) is 5.10 Å². The van der Waals surface area contributed by atoms with Crippen molar-refractivity contribution >= 4 is 17.4 Å². The SMILES string of the molecule is CCC1=NN(C(=O)Nc2ccccc2)C(O)(C(F)(F)F)C1. The maximum absolute atomic E-state index is 13.1. The van der Waals surface area contributed by atoms with E-state index in [1.807, 2.05) is 0 Å². The Morgan fingerprint density at radius 3 is 2.57 bits per heavy atom. The highest BCUT2D eigenvalue weighted by Crippen LogP contribution is 2.40. The molecule has 2 N–H and O–H groups in total. The van der Waals surface area contributed by atoms with Gasteiger partial charge in [0.05, 0.1) is 0 Å². The first-order chi connectivity index (χ1) is 9.78. The lowest BCUT2D eigenvalue weighted by Crippen LogP contribution is -2.57. The van der Waals surface area contributed by atoms with Crippen LogP contribution in [0.5, 0.6) is 0 Å². The van der Waals surface area contributed by atoms with Crippen molar-refractivity contribution in [3.63, 3.8) is 0 Å². The number of carbonyl (C=O) groups is 1. The van der Waals surface area contributed by atoms with Gasteiger partial charge in [-0.1, -0.05) is 25.1 Å². The highest BCUT2D eigenvalue weighted by molar-refractivity contribution is 5.95. The van der Waals surface area contributed by atoms with E-state index in [0.29, 0.717) is 5.69 Å². The summed E-state index contributed by atoms with van der Waals surface area (Å²) in [5.74, 6) is 0. The van der Waals surface area contributed by atoms with Gasteiger partial charge in [0.1, 0.15) is 0 Å². The fraction of sp³-hybridized carbons (Fsp3) is 0.385. The molecular weight excluding hydrogens is 287 g/mol. The second-order valence-corrected chi connectivity index (χ2v) is 4.62. The van der Waals surface area contributed by atoms with Gasteiger partial charge in [-0.05, 0) is 18.6 Å². The molecule has 2 amide bonds. The lowest BCUT2D eigenvalue weighted by Gasteiger charge is -2.32. The molecule has 1 heterocycles. The number of benzene rings is 1. The molecule has 5 nitrogen and oxygen atoms in total. The van der Waals surface area contributed by atoms with Gasteiger partial charge in [-0.3, -0.25) is 0 Å². The predicted octanol–water partition coefficient (Wildman–Crippen LogP) is 2.94. The third-order valence-corrected chi connectivity index (χ3v) is 3.12. The van der Waals surface area contributed by atoms with Crippen molar-refractivity contribution in [3.8, 4) is 0 Å². The zero-order chi connectivity index (χ0) is 15.7. The van der Waals surface area contributed by atoms with Crippen molar-refractivity contribution in [3.05, 3.63) is 30.3 Å². The van der Waals surface area contributed by atoms with Gasteiger partial charge in [0.25, 0.3) is 5.72 Å². The summed E-state index contributed by atoms with van der Waals surface area (Å²) in [7, 11) is 0. The van der Waals surface area contributed by atoms with E-state index >= 15 is 0 Å². The smallest absolute Gasteiger partial charge is 0.362 e. The predicted molar refractivity (Wildman–Crippen MR) is 70.6 cm³/mol. The number of anilines is 1. The lowest BCUT2D eigenvalue weighted by atomic mass is 10.1. The number of hydrogen-bond acceptors (Lipinski definition) is 3. The standard InChI is InChI=1S/C13H14F3N3O2/c1-2-9-8-12(21,13(14,15)16)19(18-9)11(20)17-10-6-4-3-5-7-10/h3-7,21H,2,8H2,1H3,(H,17,20). The van der Waals surface area contributed by atoms with Gasteiger partial charge in [0.15, 0.2) is 0 Å². The molecule has 1 aliphatic heterocycles. The van der Waals surface area contributed by atoms with Crippen molar-refractivity contribution < 1.29 is 23.1 Å². The van der Waals surface area contributed by atoms with E-state index in [9.17, 15) is 23.1 Å². The molecule has 0 saturated heterocycles. The largest absolute Gasteiger partial charge is 0.438 e. The second kappa shape index (κ2) is 5.36. The summed E-state index contributed by atoms with van der Waals surface area (Å²) in [6, 6.07) is 6.85. The topological polar surface area (TPSA) is 64.9 Å². The molecule has 114 valence electrons. The number of amides is 2. The van der Waals surface area contributed by atoms with Crippen LogP contribution in [0.3, 0.4) is 0 Å². The zero-order valence-electron chi connectivity index (χ0n) is 11.2. The van der Waals surface area contributed by atoms with Crippen LogP contribution in [0.2, 0.25) is 0 Å². The number of aliphatic hydroxyl groups is 1. The monoisotopic (exact) mass is 301 g/mol. The Labute approximate surface area is 119 Å². The number of urea groups is 1. The number of nitrogens with zero attached hydrogens (tertiary/aromatic N) is 2.